The van der Waals surface area contributed by atoms with Gasteiger partial charge in [-0.15, -0.1) is 0 Å². The molecule has 0 aromatic heterocycles. The summed E-state index contributed by atoms with van der Waals surface area (Å²) in [5, 5.41) is 12.4. The topological polar surface area (TPSA) is 41.5 Å². The smallest absolute Gasteiger partial charge is 0.119 e. The van der Waals surface area contributed by atoms with E-state index in [1.165, 1.54) is 0 Å². The Kier molecular flexibility index (Phi) is 3.50. The lowest BCUT2D eigenvalue weighted by atomic mass is 10.2. The Balaban J connectivity index is 1.99. The van der Waals surface area contributed by atoms with Crippen molar-refractivity contribution in [1.29, 1.82) is 0 Å². The predicted octanol–water partition coefficient (Wildman–Crippen LogP) is 3.01. The van der Waals surface area contributed by atoms with Crippen LogP contribution in [0.2, 0.25) is 0 Å². The van der Waals surface area contributed by atoms with Crippen LogP contribution in [0, 0.1) is 0 Å². The molecule has 0 aliphatic heterocycles. The highest BCUT2D eigenvalue weighted by Gasteiger charge is 1.96. The standard InChI is InChI=1S/C14H15NO2/c1-17-14-4-2-3-11(9-14)10-15-12-5-7-13(16)8-6-12/h2-9,15-16H,10H2,1H3. The molecule has 0 bridgehead atoms. The molecule has 0 saturated carbocycles. The Bertz CT molecular complexity index is 480. The molecule has 17 heavy (non-hydrogen) atoms. The van der Waals surface area contributed by atoms with E-state index in [2.05, 4.69) is 5.32 Å². The minimum atomic E-state index is 0.275. The minimum absolute atomic E-state index is 0.275. The number of phenols is 1. The molecular formula is C14H15NO2. The van der Waals surface area contributed by atoms with Crippen LogP contribution < -0.4 is 10.1 Å². The van der Waals surface area contributed by atoms with Gasteiger partial charge in [0.1, 0.15) is 11.5 Å². The van der Waals surface area contributed by atoms with E-state index >= 15 is 0 Å². The highest BCUT2D eigenvalue weighted by atomic mass is 16.5. The van der Waals surface area contributed by atoms with Crippen molar-refractivity contribution in [3.8, 4) is 11.5 Å². The first kappa shape index (κ1) is 11.3. The lowest BCUT2D eigenvalue weighted by molar-refractivity contribution is 0.414. The zero-order chi connectivity index (χ0) is 12.1. The molecule has 0 aliphatic rings. The maximum Gasteiger partial charge on any atom is 0.119 e. The van der Waals surface area contributed by atoms with Gasteiger partial charge in [0.25, 0.3) is 0 Å². The highest BCUT2D eigenvalue weighted by molar-refractivity contribution is 5.46. The molecule has 2 rings (SSSR count). The first-order chi connectivity index (χ1) is 8.28. The van der Waals surface area contributed by atoms with E-state index in [1.54, 1.807) is 19.2 Å². The molecule has 2 aromatic rings. The van der Waals surface area contributed by atoms with Gasteiger partial charge >= 0.3 is 0 Å². The number of nitrogens with one attached hydrogen (secondary N) is 1. The molecule has 0 amide bonds. The van der Waals surface area contributed by atoms with Crippen LogP contribution in [0.3, 0.4) is 0 Å². The molecule has 0 unspecified atom stereocenters. The van der Waals surface area contributed by atoms with Crippen LogP contribution in [0.15, 0.2) is 48.5 Å². The van der Waals surface area contributed by atoms with Crippen LogP contribution in [0.4, 0.5) is 5.69 Å². The van der Waals surface area contributed by atoms with E-state index in [9.17, 15) is 0 Å². The summed E-state index contributed by atoms with van der Waals surface area (Å²) in [7, 11) is 1.66. The number of methoxy groups -OCH3 is 1. The summed E-state index contributed by atoms with van der Waals surface area (Å²) in [6, 6.07) is 14.9. The van der Waals surface area contributed by atoms with E-state index < -0.39 is 0 Å². The average Bonchev–Trinajstić information content (AvgIpc) is 2.38. The molecule has 2 N–H and O–H groups in total. The maximum absolute atomic E-state index is 9.17. The Labute approximate surface area is 101 Å². The summed E-state index contributed by atoms with van der Waals surface area (Å²) in [6.07, 6.45) is 0. The number of benzene rings is 2. The van der Waals surface area contributed by atoms with Crippen molar-refractivity contribution in [2.75, 3.05) is 12.4 Å². The second-order valence-electron chi connectivity index (χ2n) is 3.75. The van der Waals surface area contributed by atoms with Gasteiger partial charge in [0, 0.05) is 12.2 Å². The molecule has 0 atom stereocenters. The molecule has 0 spiro atoms. The number of phenolic OH excluding ortho intramolecular Hbond substituents is 1. The summed E-state index contributed by atoms with van der Waals surface area (Å²) in [6.45, 7) is 0.724. The predicted molar refractivity (Wildman–Crippen MR) is 68.4 cm³/mol. The fourth-order valence-electron chi connectivity index (χ4n) is 1.57. The SMILES string of the molecule is COc1cccc(CNc2ccc(O)cc2)c1. The molecule has 2 aromatic carbocycles. The summed E-state index contributed by atoms with van der Waals surface area (Å²) in [5.74, 6) is 1.13. The molecule has 0 aliphatic carbocycles. The number of anilines is 1. The summed E-state index contributed by atoms with van der Waals surface area (Å²) < 4.78 is 5.16. The van der Waals surface area contributed by atoms with E-state index in [0.29, 0.717) is 0 Å². The van der Waals surface area contributed by atoms with Gasteiger partial charge in [0.15, 0.2) is 0 Å². The Morgan fingerprint density at radius 3 is 2.59 bits per heavy atom. The van der Waals surface area contributed by atoms with Crippen LogP contribution in [0.1, 0.15) is 5.56 Å². The van der Waals surface area contributed by atoms with Gasteiger partial charge in [0.05, 0.1) is 7.11 Å². The number of rotatable bonds is 4. The van der Waals surface area contributed by atoms with Crippen molar-refractivity contribution in [3.63, 3.8) is 0 Å². The number of hydrogen-bond acceptors (Lipinski definition) is 3. The first-order valence-corrected chi connectivity index (χ1v) is 5.44. The molecule has 0 radical (unpaired) electrons. The van der Waals surface area contributed by atoms with Crippen LogP contribution in [-0.4, -0.2) is 12.2 Å². The third kappa shape index (κ3) is 3.14. The third-order valence-electron chi connectivity index (χ3n) is 2.50. The largest absolute Gasteiger partial charge is 0.508 e. The number of hydrogen-bond donors (Lipinski definition) is 2. The van der Waals surface area contributed by atoms with E-state index in [0.717, 1.165) is 23.5 Å². The monoisotopic (exact) mass is 229 g/mol. The highest BCUT2D eigenvalue weighted by Crippen LogP contribution is 2.16. The number of aromatic hydroxyl groups is 1. The quantitative estimate of drug-likeness (QED) is 0.792. The van der Waals surface area contributed by atoms with Gasteiger partial charge in [-0.2, -0.15) is 0 Å². The summed E-state index contributed by atoms with van der Waals surface area (Å²) in [4.78, 5) is 0. The van der Waals surface area contributed by atoms with Crippen LogP contribution in [0.25, 0.3) is 0 Å². The summed E-state index contributed by atoms with van der Waals surface area (Å²) >= 11 is 0. The van der Waals surface area contributed by atoms with Gasteiger partial charge in [0.2, 0.25) is 0 Å². The number of ether oxygens (including phenoxy) is 1. The van der Waals surface area contributed by atoms with Gasteiger partial charge in [-0.25, -0.2) is 0 Å². The maximum atomic E-state index is 9.17. The first-order valence-electron chi connectivity index (χ1n) is 5.44. The van der Waals surface area contributed by atoms with Crippen LogP contribution in [-0.2, 0) is 6.54 Å². The van der Waals surface area contributed by atoms with E-state index in [1.807, 2.05) is 36.4 Å². The average molecular weight is 229 g/mol. The molecule has 88 valence electrons. The van der Waals surface area contributed by atoms with Crippen molar-refractivity contribution in [2.45, 2.75) is 6.54 Å². The second kappa shape index (κ2) is 5.25. The molecular weight excluding hydrogens is 214 g/mol. The van der Waals surface area contributed by atoms with Crippen LogP contribution in [0.5, 0.6) is 11.5 Å². The third-order valence-corrected chi connectivity index (χ3v) is 2.50. The van der Waals surface area contributed by atoms with Crippen molar-refractivity contribution in [1.82, 2.24) is 0 Å². The lowest BCUT2D eigenvalue weighted by Gasteiger charge is -2.07. The molecule has 0 heterocycles. The second-order valence-corrected chi connectivity index (χ2v) is 3.75. The van der Waals surface area contributed by atoms with Gasteiger partial charge in [-0.1, -0.05) is 12.1 Å². The Hall–Kier alpha value is -2.16. The van der Waals surface area contributed by atoms with Crippen molar-refractivity contribution in [3.05, 3.63) is 54.1 Å². The van der Waals surface area contributed by atoms with Crippen LogP contribution >= 0.6 is 0 Å². The summed E-state index contributed by atoms with van der Waals surface area (Å²) in [5.41, 5.74) is 2.13. The van der Waals surface area contributed by atoms with E-state index in [-0.39, 0.29) is 5.75 Å². The molecule has 0 saturated heterocycles. The Morgan fingerprint density at radius 1 is 1.12 bits per heavy atom. The molecule has 0 fully saturated rings. The van der Waals surface area contributed by atoms with Gasteiger partial charge in [-0.3, -0.25) is 0 Å². The zero-order valence-electron chi connectivity index (χ0n) is 9.68. The zero-order valence-corrected chi connectivity index (χ0v) is 9.68. The Morgan fingerprint density at radius 2 is 1.88 bits per heavy atom. The normalized spacial score (nSPS) is 9.94. The minimum Gasteiger partial charge on any atom is -0.508 e. The van der Waals surface area contributed by atoms with Gasteiger partial charge < -0.3 is 15.2 Å². The fourth-order valence-corrected chi connectivity index (χ4v) is 1.57. The fraction of sp³-hybridized carbons (Fsp3) is 0.143. The van der Waals surface area contributed by atoms with Crippen molar-refractivity contribution in [2.24, 2.45) is 0 Å². The van der Waals surface area contributed by atoms with Gasteiger partial charge in [-0.05, 0) is 42.0 Å². The molecule has 3 nitrogen and oxygen atoms in total. The van der Waals surface area contributed by atoms with E-state index in [4.69, 9.17) is 9.84 Å². The lowest BCUT2D eigenvalue weighted by Crippen LogP contribution is -1.99. The van der Waals surface area contributed by atoms with Crippen molar-refractivity contribution < 1.29 is 9.84 Å². The molecule has 3 heteroatoms. The van der Waals surface area contributed by atoms with Crippen molar-refractivity contribution >= 4 is 5.69 Å².